The van der Waals surface area contributed by atoms with E-state index in [1.54, 1.807) is 0 Å². The van der Waals surface area contributed by atoms with Gasteiger partial charge >= 0.3 is 6.03 Å². The van der Waals surface area contributed by atoms with E-state index in [4.69, 9.17) is 4.74 Å². The Labute approximate surface area is 128 Å². The highest BCUT2D eigenvalue weighted by molar-refractivity contribution is 5.74. The molecule has 2 N–H and O–H groups in total. The van der Waals surface area contributed by atoms with Crippen LogP contribution in [0.5, 0.6) is 5.75 Å². The highest BCUT2D eigenvalue weighted by Crippen LogP contribution is 2.13. The first kappa shape index (κ1) is 17.3. The third-order valence-electron chi connectivity index (χ3n) is 3.22. The maximum atomic E-state index is 11.8. The number of rotatable bonds is 8. The molecule has 1 aromatic carbocycles. The number of hydrogen-bond donors (Lipinski definition) is 2. The van der Waals surface area contributed by atoms with Crippen molar-refractivity contribution in [3.05, 3.63) is 29.8 Å². The number of carbonyl (C=O) groups is 1. The Morgan fingerprint density at radius 3 is 2.67 bits per heavy atom. The number of carbonyl (C=O) groups excluding carboxylic acids is 1. The lowest BCUT2D eigenvalue weighted by Gasteiger charge is -2.16. The van der Waals surface area contributed by atoms with Crippen LogP contribution in [0, 0.1) is 5.92 Å². The molecule has 4 nitrogen and oxygen atoms in total. The van der Waals surface area contributed by atoms with Gasteiger partial charge in [0.05, 0.1) is 6.61 Å². The molecule has 0 spiro atoms. The van der Waals surface area contributed by atoms with Crippen LogP contribution < -0.4 is 15.4 Å². The molecule has 0 radical (unpaired) electrons. The van der Waals surface area contributed by atoms with Gasteiger partial charge in [0.1, 0.15) is 5.75 Å². The fraction of sp³-hybridized carbons (Fsp3) is 0.588. The van der Waals surface area contributed by atoms with Crippen molar-refractivity contribution in [3.8, 4) is 5.75 Å². The highest BCUT2D eigenvalue weighted by Gasteiger charge is 2.07. The molecular weight excluding hydrogens is 264 g/mol. The smallest absolute Gasteiger partial charge is 0.315 e. The zero-order valence-electron chi connectivity index (χ0n) is 13.6. The van der Waals surface area contributed by atoms with Crippen molar-refractivity contribution in [3.63, 3.8) is 0 Å². The molecule has 0 aliphatic rings. The van der Waals surface area contributed by atoms with E-state index in [2.05, 4.69) is 24.5 Å². The number of urea groups is 1. The highest BCUT2D eigenvalue weighted by atomic mass is 16.5. The zero-order valence-corrected chi connectivity index (χ0v) is 13.6. The number of benzene rings is 1. The number of nitrogens with one attached hydrogen (secondary N) is 2. The molecule has 1 atom stereocenters. The van der Waals surface area contributed by atoms with Gasteiger partial charge < -0.3 is 15.4 Å². The van der Waals surface area contributed by atoms with Gasteiger partial charge in [-0.1, -0.05) is 26.0 Å². The summed E-state index contributed by atoms with van der Waals surface area (Å²) in [5, 5.41) is 5.85. The van der Waals surface area contributed by atoms with Gasteiger partial charge in [-0.3, -0.25) is 0 Å². The molecule has 1 rings (SSSR count). The van der Waals surface area contributed by atoms with E-state index in [1.807, 2.05) is 38.1 Å². The summed E-state index contributed by atoms with van der Waals surface area (Å²) in [4.78, 5) is 11.8. The molecule has 4 heteroatoms. The van der Waals surface area contributed by atoms with Crippen molar-refractivity contribution in [1.82, 2.24) is 10.6 Å². The Morgan fingerprint density at radius 2 is 2.00 bits per heavy atom. The zero-order chi connectivity index (χ0) is 15.7. The van der Waals surface area contributed by atoms with Gasteiger partial charge in [-0.25, -0.2) is 4.79 Å². The molecule has 0 aliphatic heterocycles. The van der Waals surface area contributed by atoms with Crippen LogP contribution in [0.2, 0.25) is 0 Å². The minimum absolute atomic E-state index is 0.118. The molecule has 0 saturated heterocycles. The summed E-state index contributed by atoms with van der Waals surface area (Å²) in [6.07, 6.45) is 2.13. The first-order valence-electron chi connectivity index (χ1n) is 7.77. The Morgan fingerprint density at radius 1 is 1.24 bits per heavy atom. The predicted molar refractivity (Wildman–Crippen MR) is 86.5 cm³/mol. The maximum absolute atomic E-state index is 11.8. The summed E-state index contributed by atoms with van der Waals surface area (Å²) in [7, 11) is 0. The standard InChI is InChI=1S/C17H28N2O2/c1-5-21-16-8-6-7-15(11-16)12-18-17(20)19-14(4)10-9-13(2)3/h6-8,11,13-14H,5,9-10,12H2,1-4H3,(H2,18,19,20). The third kappa shape index (κ3) is 7.59. The van der Waals surface area contributed by atoms with Crippen LogP contribution in [0.15, 0.2) is 24.3 Å². The van der Waals surface area contributed by atoms with Gasteiger partial charge in [0.15, 0.2) is 0 Å². The van der Waals surface area contributed by atoms with E-state index >= 15 is 0 Å². The quantitative estimate of drug-likeness (QED) is 0.767. The van der Waals surface area contributed by atoms with Crippen LogP contribution in [0.3, 0.4) is 0 Å². The van der Waals surface area contributed by atoms with Crippen LogP contribution in [-0.2, 0) is 6.54 Å². The van der Waals surface area contributed by atoms with Gasteiger partial charge in [0.25, 0.3) is 0 Å². The average molecular weight is 292 g/mol. The van der Waals surface area contributed by atoms with Crippen LogP contribution in [0.1, 0.15) is 46.1 Å². The number of ether oxygens (including phenoxy) is 1. The van der Waals surface area contributed by atoms with Gasteiger partial charge in [0, 0.05) is 12.6 Å². The second-order valence-corrected chi connectivity index (χ2v) is 5.78. The van der Waals surface area contributed by atoms with Crippen molar-refractivity contribution >= 4 is 6.03 Å². The number of hydrogen-bond acceptors (Lipinski definition) is 2. The molecular formula is C17H28N2O2. The summed E-state index contributed by atoms with van der Waals surface area (Å²) >= 11 is 0. The Hall–Kier alpha value is -1.71. The lowest BCUT2D eigenvalue weighted by Crippen LogP contribution is -2.40. The van der Waals surface area contributed by atoms with E-state index < -0.39 is 0 Å². The minimum atomic E-state index is -0.118. The normalized spacial score (nSPS) is 12.0. The molecule has 0 aliphatic carbocycles. The molecule has 0 heterocycles. The summed E-state index contributed by atoms with van der Waals surface area (Å²) in [6.45, 7) is 9.53. The first-order valence-corrected chi connectivity index (χ1v) is 7.77. The number of amides is 2. The fourth-order valence-electron chi connectivity index (χ4n) is 2.02. The molecule has 21 heavy (non-hydrogen) atoms. The van der Waals surface area contributed by atoms with E-state index in [-0.39, 0.29) is 12.1 Å². The van der Waals surface area contributed by atoms with Gasteiger partial charge in [-0.15, -0.1) is 0 Å². The lowest BCUT2D eigenvalue weighted by molar-refractivity contribution is 0.236. The van der Waals surface area contributed by atoms with Crippen LogP contribution in [0.25, 0.3) is 0 Å². The largest absolute Gasteiger partial charge is 0.494 e. The van der Waals surface area contributed by atoms with Gasteiger partial charge in [-0.2, -0.15) is 0 Å². The monoisotopic (exact) mass is 292 g/mol. The molecule has 1 unspecified atom stereocenters. The van der Waals surface area contributed by atoms with E-state index in [1.165, 1.54) is 0 Å². The lowest BCUT2D eigenvalue weighted by atomic mass is 10.0. The van der Waals surface area contributed by atoms with Crippen molar-refractivity contribution in [2.75, 3.05) is 6.61 Å². The molecule has 2 amide bonds. The van der Waals surface area contributed by atoms with E-state index in [0.29, 0.717) is 19.1 Å². The van der Waals surface area contributed by atoms with Crippen molar-refractivity contribution in [2.24, 2.45) is 5.92 Å². The second kappa shape index (κ2) is 9.27. The first-order chi connectivity index (χ1) is 10.0. The van der Waals surface area contributed by atoms with Crippen molar-refractivity contribution in [2.45, 2.75) is 53.1 Å². The summed E-state index contributed by atoms with van der Waals surface area (Å²) in [5.74, 6) is 1.50. The topological polar surface area (TPSA) is 50.4 Å². The van der Waals surface area contributed by atoms with Crippen LogP contribution >= 0.6 is 0 Å². The maximum Gasteiger partial charge on any atom is 0.315 e. The molecule has 0 aromatic heterocycles. The summed E-state index contributed by atoms with van der Waals surface area (Å²) < 4.78 is 5.44. The molecule has 1 aromatic rings. The SMILES string of the molecule is CCOc1cccc(CNC(=O)NC(C)CCC(C)C)c1. The minimum Gasteiger partial charge on any atom is -0.494 e. The summed E-state index contributed by atoms with van der Waals surface area (Å²) in [5.41, 5.74) is 1.03. The predicted octanol–water partition coefficient (Wildman–Crippen LogP) is 3.71. The van der Waals surface area contributed by atoms with Crippen LogP contribution in [-0.4, -0.2) is 18.7 Å². The summed E-state index contributed by atoms with van der Waals surface area (Å²) in [6, 6.07) is 7.86. The molecule has 118 valence electrons. The third-order valence-corrected chi connectivity index (χ3v) is 3.22. The van der Waals surface area contributed by atoms with Crippen molar-refractivity contribution < 1.29 is 9.53 Å². The molecule has 0 fully saturated rings. The fourth-order valence-corrected chi connectivity index (χ4v) is 2.02. The molecule has 0 saturated carbocycles. The average Bonchev–Trinajstić information content (AvgIpc) is 2.44. The Kier molecular flexibility index (Phi) is 7.65. The molecule has 0 bridgehead atoms. The van der Waals surface area contributed by atoms with Gasteiger partial charge in [-0.05, 0) is 50.3 Å². The van der Waals surface area contributed by atoms with Crippen molar-refractivity contribution in [1.29, 1.82) is 0 Å². The van der Waals surface area contributed by atoms with E-state index in [0.717, 1.165) is 24.2 Å². The second-order valence-electron chi connectivity index (χ2n) is 5.78. The van der Waals surface area contributed by atoms with Crippen LogP contribution in [0.4, 0.5) is 4.79 Å². The van der Waals surface area contributed by atoms with Gasteiger partial charge in [0.2, 0.25) is 0 Å². The Balaban J connectivity index is 2.33. The Bertz CT molecular complexity index is 433. The van der Waals surface area contributed by atoms with E-state index in [9.17, 15) is 4.79 Å².